The van der Waals surface area contributed by atoms with Gasteiger partial charge in [-0.15, -0.1) is 0 Å². The van der Waals surface area contributed by atoms with Gasteiger partial charge < -0.3 is 29.6 Å². The highest BCUT2D eigenvalue weighted by atomic mass is 32.2. The van der Waals surface area contributed by atoms with Crippen LogP contribution in [0.3, 0.4) is 0 Å². The molecule has 0 radical (unpaired) electrons. The van der Waals surface area contributed by atoms with Gasteiger partial charge in [0.05, 0.1) is 22.9 Å². The number of amides is 4. The molecule has 202 valence electrons. The molecule has 0 spiro atoms. The van der Waals surface area contributed by atoms with Gasteiger partial charge in [0.25, 0.3) is 0 Å². The van der Waals surface area contributed by atoms with Crippen molar-refractivity contribution in [3.05, 3.63) is 72.8 Å². The summed E-state index contributed by atoms with van der Waals surface area (Å²) < 4.78 is 56.0. The lowest BCUT2D eigenvalue weighted by Gasteiger charge is -2.14. The summed E-state index contributed by atoms with van der Waals surface area (Å²) in [6.07, 6.45) is 0. The van der Waals surface area contributed by atoms with E-state index >= 15 is 0 Å². The molecule has 14 heteroatoms. The number of urea groups is 2. The quantitative estimate of drug-likeness (QED) is 0.263. The van der Waals surface area contributed by atoms with E-state index in [1.165, 1.54) is 62.4 Å². The Kier molecular flexibility index (Phi) is 9.15. The lowest BCUT2D eigenvalue weighted by molar-refractivity contribution is 0.261. The van der Waals surface area contributed by atoms with Crippen molar-refractivity contribution in [3.63, 3.8) is 0 Å². The van der Waals surface area contributed by atoms with E-state index in [0.29, 0.717) is 22.7 Å². The van der Waals surface area contributed by atoms with Crippen LogP contribution in [0.25, 0.3) is 0 Å². The van der Waals surface area contributed by atoms with Gasteiger partial charge in [0, 0.05) is 11.4 Å². The fourth-order valence-corrected chi connectivity index (χ4v) is 3.91. The SMILES string of the molecule is CCS(=O)(=O)Oc1ccc(NC(=O)Nc2ccccc2NC(=O)Nc2ccc(OS(=O)(=O)CC)cc2)cc1. The molecule has 0 unspecified atom stereocenters. The Bertz CT molecular complexity index is 1380. The second-order valence-corrected chi connectivity index (χ2v) is 11.3. The summed E-state index contributed by atoms with van der Waals surface area (Å²) in [5.74, 6) is -0.112. The van der Waals surface area contributed by atoms with Crippen LogP contribution in [-0.2, 0) is 20.2 Å². The lowest BCUT2D eigenvalue weighted by Crippen LogP contribution is -2.23. The lowest BCUT2D eigenvalue weighted by atomic mass is 10.2. The highest BCUT2D eigenvalue weighted by Crippen LogP contribution is 2.23. The summed E-state index contributed by atoms with van der Waals surface area (Å²) in [6.45, 7) is 2.92. The minimum absolute atomic E-state index is 0.117. The summed E-state index contributed by atoms with van der Waals surface area (Å²) in [7, 11) is -7.32. The number of hydrogen-bond donors (Lipinski definition) is 4. The fraction of sp³-hybridized carbons (Fsp3) is 0.167. The maximum absolute atomic E-state index is 12.5. The molecule has 3 aromatic carbocycles. The third-order valence-corrected chi connectivity index (χ3v) is 7.11. The average molecular weight is 563 g/mol. The smallest absolute Gasteiger partial charge is 0.323 e. The van der Waals surface area contributed by atoms with Crippen LogP contribution in [0, 0.1) is 0 Å². The molecule has 0 aromatic heterocycles. The van der Waals surface area contributed by atoms with Crippen molar-refractivity contribution in [1.82, 2.24) is 0 Å². The van der Waals surface area contributed by atoms with Crippen LogP contribution < -0.4 is 29.6 Å². The first-order valence-corrected chi connectivity index (χ1v) is 14.4. The number of carbonyl (C=O) groups excluding carboxylic acids is 2. The number of rotatable bonds is 10. The largest absolute Gasteiger partial charge is 0.382 e. The Hall–Kier alpha value is -4.30. The number of anilines is 4. The predicted molar refractivity (Wildman–Crippen MR) is 145 cm³/mol. The highest BCUT2D eigenvalue weighted by Gasteiger charge is 2.13. The summed E-state index contributed by atoms with van der Waals surface area (Å²) in [5, 5.41) is 10.5. The van der Waals surface area contributed by atoms with Gasteiger partial charge >= 0.3 is 32.3 Å². The van der Waals surface area contributed by atoms with Gasteiger partial charge in [-0.1, -0.05) is 12.1 Å². The van der Waals surface area contributed by atoms with Crippen molar-refractivity contribution < 1.29 is 34.8 Å². The predicted octanol–water partition coefficient (Wildman–Crippen LogP) is 4.43. The van der Waals surface area contributed by atoms with Gasteiger partial charge in [0.15, 0.2) is 0 Å². The fourth-order valence-electron chi connectivity index (χ4n) is 2.87. The number of para-hydroxylation sites is 2. The zero-order valence-electron chi connectivity index (χ0n) is 20.4. The third-order valence-electron chi connectivity index (χ3n) is 4.80. The Morgan fingerprint density at radius 1 is 0.579 bits per heavy atom. The Labute approximate surface area is 220 Å². The van der Waals surface area contributed by atoms with Crippen molar-refractivity contribution in [2.24, 2.45) is 0 Å². The average Bonchev–Trinajstić information content (AvgIpc) is 2.87. The minimum atomic E-state index is -3.66. The van der Waals surface area contributed by atoms with Crippen LogP contribution >= 0.6 is 0 Å². The second-order valence-electron chi connectivity index (χ2n) is 7.61. The molecule has 0 aliphatic carbocycles. The zero-order chi connectivity index (χ0) is 27.8. The van der Waals surface area contributed by atoms with Gasteiger partial charge in [-0.2, -0.15) is 16.8 Å². The van der Waals surface area contributed by atoms with Gasteiger partial charge in [-0.25, -0.2) is 9.59 Å². The third kappa shape index (κ3) is 8.67. The molecule has 3 aromatic rings. The first kappa shape index (κ1) is 28.3. The highest BCUT2D eigenvalue weighted by molar-refractivity contribution is 7.87. The maximum atomic E-state index is 12.5. The molecule has 0 bridgehead atoms. The van der Waals surface area contributed by atoms with E-state index in [0.717, 1.165) is 0 Å². The molecular formula is C24H26N4O8S2. The normalized spacial score (nSPS) is 11.2. The van der Waals surface area contributed by atoms with Crippen molar-refractivity contribution in [2.45, 2.75) is 13.8 Å². The van der Waals surface area contributed by atoms with Crippen LogP contribution in [0.1, 0.15) is 13.8 Å². The molecule has 4 N–H and O–H groups in total. The van der Waals surface area contributed by atoms with Crippen LogP contribution in [0.5, 0.6) is 11.5 Å². The molecule has 3 rings (SSSR count). The van der Waals surface area contributed by atoms with Crippen molar-refractivity contribution in [1.29, 1.82) is 0 Å². The molecule has 0 aliphatic rings. The van der Waals surface area contributed by atoms with E-state index in [1.54, 1.807) is 24.3 Å². The van der Waals surface area contributed by atoms with Gasteiger partial charge in [0.1, 0.15) is 11.5 Å². The molecule has 0 heterocycles. The molecule has 38 heavy (non-hydrogen) atoms. The van der Waals surface area contributed by atoms with Crippen LogP contribution in [0.2, 0.25) is 0 Å². The van der Waals surface area contributed by atoms with Crippen molar-refractivity contribution >= 4 is 55.0 Å². The van der Waals surface area contributed by atoms with E-state index in [4.69, 9.17) is 8.37 Å². The minimum Gasteiger partial charge on any atom is -0.382 e. The summed E-state index contributed by atoms with van der Waals surface area (Å²) >= 11 is 0. The summed E-state index contributed by atoms with van der Waals surface area (Å²) in [6, 6.07) is 16.8. The molecule has 0 atom stereocenters. The molecule has 0 aliphatic heterocycles. The number of carbonyl (C=O) groups is 2. The Morgan fingerprint density at radius 3 is 1.24 bits per heavy atom. The second kappa shape index (κ2) is 12.3. The van der Waals surface area contributed by atoms with Crippen molar-refractivity contribution in [2.75, 3.05) is 32.8 Å². The van der Waals surface area contributed by atoms with E-state index in [-0.39, 0.29) is 23.0 Å². The van der Waals surface area contributed by atoms with Gasteiger partial charge in [-0.3, -0.25) is 0 Å². The first-order valence-electron chi connectivity index (χ1n) is 11.3. The van der Waals surface area contributed by atoms with E-state index in [2.05, 4.69) is 21.3 Å². The van der Waals surface area contributed by atoms with Gasteiger partial charge in [0.2, 0.25) is 0 Å². The summed E-state index contributed by atoms with van der Waals surface area (Å²) in [4.78, 5) is 25.0. The monoisotopic (exact) mass is 562 g/mol. The topological polar surface area (TPSA) is 169 Å². The molecule has 0 saturated carbocycles. The van der Waals surface area contributed by atoms with Gasteiger partial charge in [-0.05, 0) is 74.5 Å². The van der Waals surface area contributed by atoms with E-state index in [9.17, 15) is 26.4 Å². The van der Waals surface area contributed by atoms with Crippen LogP contribution in [-0.4, -0.2) is 40.4 Å². The molecule has 4 amide bonds. The molecule has 12 nitrogen and oxygen atoms in total. The molecule has 0 fully saturated rings. The van der Waals surface area contributed by atoms with Crippen LogP contribution in [0.15, 0.2) is 72.8 Å². The number of nitrogens with one attached hydrogen (secondary N) is 4. The number of hydrogen-bond acceptors (Lipinski definition) is 8. The standard InChI is InChI=1S/C24H26N4O8S2/c1-3-37(31,32)35-19-13-9-17(10-14-19)25-23(29)27-21-7-5-6-8-22(21)28-24(30)26-18-11-15-20(16-12-18)36-38(33,34)4-2/h5-16H,3-4H2,1-2H3,(H2,25,27,29)(H2,26,28,30). The Balaban J connectivity index is 1.58. The summed E-state index contributed by atoms with van der Waals surface area (Å²) in [5.41, 5.74) is 1.38. The molecular weight excluding hydrogens is 536 g/mol. The van der Waals surface area contributed by atoms with E-state index < -0.39 is 32.3 Å². The Morgan fingerprint density at radius 2 is 0.921 bits per heavy atom. The maximum Gasteiger partial charge on any atom is 0.323 e. The first-order chi connectivity index (χ1) is 18.0. The van der Waals surface area contributed by atoms with Crippen molar-refractivity contribution in [3.8, 4) is 11.5 Å². The zero-order valence-corrected chi connectivity index (χ0v) is 22.1. The number of benzene rings is 3. The van der Waals surface area contributed by atoms with Crippen LogP contribution in [0.4, 0.5) is 32.3 Å². The molecule has 0 saturated heterocycles. The van der Waals surface area contributed by atoms with E-state index in [1.807, 2.05) is 0 Å².